The van der Waals surface area contributed by atoms with Crippen molar-refractivity contribution in [2.75, 3.05) is 0 Å². The lowest BCUT2D eigenvalue weighted by Gasteiger charge is -2.22. The van der Waals surface area contributed by atoms with E-state index < -0.39 is 0 Å². The molecule has 140 heavy (non-hydrogen) atoms. The first-order chi connectivity index (χ1) is 68.8. The quantitative estimate of drug-likeness (QED) is 0.119. The summed E-state index contributed by atoms with van der Waals surface area (Å²) in [6.45, 7) is 9.33. The molecule has 9 aromatic heterocycles. The van der Waals surface area contributed by atoms with Crippen molar-refractivity contribution >= 4 is 137 Å². The van der Waals surface area contributed by atoms with E-state index in [0.717, 1.165) is 164 Å². The van der Waals surface area contributed by atoms with E-state index in [1.165, 1.54) is 95.3 Å². The van der Waals surface area contributed by atoms with Crippen LogP contribution in [0, 0.1) is 0 Å². The van der Waals surface area contributed by atoms with E-state index in [4.69, 9.17) is 39.9 Å². The van der Waals surface area contributed by atoms with Crippen molar-refractivity contribution in [2.45, 2.75) is 38.5 Å². The molecule has 0 saturated carbocycles. The van der Waals surface area contributed by atoms with Crippen LogP contribution in [0.4, 0.5) is 0 Å². The van der Waals surface area contributed by atoms with Crippen molar-refractivity contribution in [3.8, 4) is 157 Å². The molecule has 26 aromatic rings. The van der Waals surface area contributed by atoms with Gasteiger partial charge >= 0.3 is 0 Å². The van der Waals surface area contributed by atoms with Crippen LogP contribution in [0.15, 0.2) is 437 Å². The Morgan fingerprint density at radius 2 is 0.550 bits per heavy atom. The summed E-state index contributed by atoms with van der Waals surface area (Å²) in [5.74, 6) is 2.15. The van der Waals surface area contributed by atoms with Crippen molar-refractivity contribution < 1.29 is 0 Å². The molecule has 0 unspecified atom stereocenters. The van der Waals surface area contributed by atoms with Crippen LogP contribution in [0.5, 0.6) is 0 Å². The summed E-state index contributed by atoms with van der Waals surface area (Å²) in [7, 11) is 0. The molecule has 2 aliphatic carbocycles. The molecule has 0 atom stereocenters. The normalized spacial score (nSPS) is 12.7. The Hall–Kier alpha value is -16.6. The molecular formula is C128H84N8S4. The topological polar surface area (TPSA) is 103 Å². The SMILES string of the molecule is CC1(C)c2ccccc2-c2cc(-c3cc(-c4cc5ccccc5cn4)cc(-c4nc(-c5ccccc5)c5sc6ccccc6c5n4)c3)ccc21.CC1(C)c2ccccc2-c2ccc(-c3cc(-c4ccccc4)cc(-c4nc(-c5ccccc5)c5sc6ccccc6c5n4)c3)cc21.c1ccc(-c2nc(-c3cc(-c4ccc5sc6ccccc6c5c4)cc(-c4ccccn4)c3)nc3c2sc2ccccc23)cc1. The number of thiophene rings is 4. The van der Waals surface area contributed by atoms with Crippen LogP contribution in [0.3, 0.4) is 0 Å². The van der Waals surface area contributed by atoms with Gasteiger partial charge < -0.3 is 0 Å². The highest BCUT2D eigenvalue weighted by Crippen LogP contribution is 2.54. The molecule has 660 valence electrons. The molecule has 12 heteroatoms. The van der Waals surface area contributed by atoms with E-state index in [1.807, 2.05) is 41.9 Å². The molecular weight excluding hydrogens is 1780 g/mol. The number of hydrogen-bond acceptors (Lipinski definition) is 12. The first-order valence-electron chi connectivity index (χ1n) is 47.3. The summed E-state index contributed by atoms with van der Waals surface area (Å²) in [4.78, 5) is 41.5. The minimum absolute atomic E-state index is 0.0487. The standard InChI is InChI=1S/C46H31N3S.C43H30N2S.C39H23N3S2/c1-46(2)38-18-10-8-16-35(38)37-25-30(20-21-39(37)46)32-22-33(40-26-29-14-6-7-15-31(29)27-47-40)24-34(23-32)45-48-42(28-12-4-3-5-13-28)44-43(49-45)36-17-9-11-19-41(36)50-44;1-43(2)36-19-11-9-17-33(36)34-22-21-29(26-37(34)43)31-23-30(27-13-5-3-6-14-27)24-32(25-31)42-44-39(28-15-7-4-8-16-28)41-40(45-42)35-18-10-12-20-38(35)46-41;1-2-10-24(11-3-1)36-38-37(30-13-5-7-16-34(30)44-38)42-39(41-36)28-21-26(20-27(22-28)32-14-8-9-19-40-32)25-17-18-35-31(23-25)29-12-4-6-15-33(29)43-35/h3-27H,1-2H3;3-26H,1-2H3;1-23H. The number of pyridine rings is 2. The van der Waals surface area contributed by atoms with Gasteiger partial charge in [-0.2, -0.15) is 0 Å². The van der Waals surface area contributed by atoms with Gasteiger partial charge in [-0.05, 0) is 216 Å². The molecule has 0 saturated heterocycles. The Kier molecular flexibility index (Phi) is 20.6. The molecule has 2 aliphatic rings. The van der Waals surface area contributed by atoms with Crippen LogP contribution >= 0.6 is 45.3 Å². The maximum absolute atomic E-state index is 5.34. The number of rotatable bonds is 12. The van der Waals surface area contributed by atoms with Crippen LogP contribution in [0.1, 0.15) is 49.9 Å². The summed E-state index contributed by atoms with van der Waals surface area (Å²) in [5, 5.41) is 8.34. The summed E-state index contributed by atoms with van der Waals surface area (Å²) in [5.41, 5.74) is 35.9. The van der Waals surface area contributed by atoms with E-state index in [9.17, 15) is 0 Å². The van der Waals surface area contributed by atoms with Gasteiger partial charge in [0, 0.05) is 124 Å². The van der Waals surface area contributed by atoms with Crippen molar-refractivity contribution in [3.05, 3.63) is 459 Å². The molecule has 0 fully saturated rings. The third-order valence-electron chi connectivity index (χ3n) is 27.9. The molecule has 9 heterocycles. The highest BCUT2D eigenvalue weighted by Gasteiger charge is 2.38. The van der Waals surface area contributed by atoms with Crippen LogP contribution in [0.25, 0.3) is 249 Å². The predicted octanol–water partition coefficient (Wildman–Crippen LogP) is 35.5. The van der Waals surface area contributed by atoms with Crippen molar-refractivity contribution in [1.82, 2.24) is 39.9 Å². The van der Waals surface area contributed by atoms with Gasteiger partial charge in [-0.3, -0.25) is 9.97 Å². The Labute approximate surface area is 825 Å². The van der Waals surface area contributed by atoms with Gasteiger partial charge in [-0.15, -0.1) is 45.3 Å². The average Bonchev–Trinajstić information content (AvgIpc) is 1.58. The minimum Gasteiger partial charge on any atom is -0.256 e. The maximum atomic E-state index is 5.34. The summed E-state index contributed by atoms with van der Waals surface area (Å²) in [6, 6.07) is 151. The fourth-order valence-electron chi connectivity index (χ4n) is 20.9. The zero-order chi connectivity index (χ0) is 93.3. The van der Waals surface area contributed by atoms with E-state index in [-0.39, 0.29) is 10.8 Å². The largest absolute Gasteiger partial charge is 0.256 e. The van der Waals surface area contributed by atoms with Crippen molar-refractivity contribution in [1.29, 1.82) is 0 Å². The Morgan fingerprint density at radius 1 is 0.193 bits per heavy atom. The Balaban J connectivity index is 0.000000108. The van der Waals surface area contributed by atoms with E-state index >= 15 is 0 Å². The minimum atomic E-state index is -0.0689. The van der Waals surface area contributed by atoms with Gasteiger partial charge in [-0.1, -0.05) is 331 Å². The summed E-state index contributed by atoms with van der Waals surface area (Å²) < 4.78 is 9.58. The van der Waals surface area contributed by atoms with Gasteiger partial charge in [0.05, 0.1) is 59.1 Å². The lowest BCUT2D eigenvalue weighted by atomic mass is 9.81. The van der Waals surface area contributed by atoms with Crippen LogP contribution in [-0.2, 0) is 10.8 Å². The molecule has 0 amide bonds. The van der Waals surface area contributed by atoms with Gasteiger partial charge in [-0.25, -0.2) is 29.9 Å². The molecule has 8 nitrogen and oxygen atoms in total. The smallest absolute Gasteiger partial charge is 0.160 e. The lowest BCUT2D eigenvalue weighted by molar-refractivity contribution is 0.660. The van der Waals surface area contributed by atoms with E-state index in [2.05, 4.69) is 434 Å². The summed E-state index contributed by atoms with van der Waals surface area (Å²) >= 11 is 7.12. The van der Waals surface area contributed by atoms with Crippen LogP contribution < -0.4 is 0 Å². The molecule has 0 N–H and O–H groups in total. The first kappa shape index (κ1) is 84.0. The fourth-order valence-corrected chi connectivity index (χ4v) is 25.4. The van der Waals surface area contributed by atoms with Crippen LogP contribution in [0.2, 0.25) is 0 Å². The van der Waals surface area contributed by atoms with Crippen LogP contribution in [-0.4, -0.2) is 39.9 Å². The van der Waals surface area contributed by atoms with Gasteiger partial charge in [0.1, 0.15) is 0 Å². The molecule has 28 rings (SSSR count). The third-order valence-corrected chi connectivity index (χ3v) is 32.6. The fraction of sp³-hybridized carbons (Fsp3) is 0.0469. The van der Waals surface area contributed by atoms with Gasteiger partial charge in [0.15, 0.2) is 17.5 Å². The second kappa shape index (κ2) is 34.3. The monoisotopic (exact) mass is 1860 g/mol. The lowest BCUT2D eigenvalue weighted by Crippen LogP contribution is -2.14. The highest BCUT2D eigenvalue weighted by atomic mass is 32.1. The zero-order valence-electron chi connectivity index (χ0n) is 76.8. The van der Waals surface area contributed by atoms with Gasteiger partial charge in [0.25, 0.3) is 0 Å². The van der Waals surface area contributed by atoms with Crippen molar-refractivity contribution in [3.63, 3.8) is 0 Å². The number of fused-ring (bicyclic) bond motifs is 19. The van der Waals surface area contributed by atoms with Crippen molar-refractivity contribution in [2.24, 2.45) is 0 Å². The second-order valence-electron chi connectivity index (χ2n) is 37.2. The molecule has 0 spiro atoms. The summed E-state index contributed by atoms with van der Waals surface area (Å²) in [6.07, 6.45) is 3.82. The number of hydrogen-bond donors (Lipinski definition) is 0. The molecule has 0 radical (unpaired) electrons. The highest BCUT2D eigenvalue weighted by molar-refractivity contribution is 7.27. The van der Waals surface area contributed by atoms with E-state index in [0.29, 0.717) is 11.6 Å². The second-order valence-corrected chi connectivity index (χ2v) is 41.4. The molecule has 0 aliphatic heterocycles. The first-order valence-corrected chi connectivity index (χ1v) is 50.5. The Bertz CT molecular complexity index is 9450. The third kappa shape index (κ3) is 14.8. The average molecular weight is 1860 g/mol. The molecule has 0 bridgehead atoms. The van der Waals surface area contributed by atoms with E-state index in [1.54, 1.807) is 34.0 Å². The Morgan fingerprint density at radius 3 is 1.06 bits per heavy atom. The van der Waals surface area contributed by atoms with Gasteiger partial charge in [0.2, 0.25) is 0 Å². The maximum Gasteiger partial charge on any atom is 0.160 e. The number of nitrogens with zero attached hydrogens (tertiary/aromatic N) is 8. The number of benzene rings is 17. The number of aromatic nitrogens is 8. The predicted molar refractivity (Wildman–Crippen MR) is 591 cm³/mol. The zero-order valence-corrected chi connectivity index (χ0v) is 80.0. The molecule has 17 aromatic carbocycles.